The van der Waals surface area contributed by atoms with E-state index in [4.69, 9.17) is 4.74 Å². The molecule has 1 heterocycles. The average molecular weight is 431 g/mol. The smallest absolute Gasteiger partial charge is 0.340 e. The van der Waals surface area contributed by atoms with Crippen LogP contribution in [-0.2, 0) is 22.5 Å². The molecule has 0 fully saturated rings. The first-order valence-electron chi connectivity index (χ1n) is 11.3. The average Bonchev–Trinajstić information content (AvgIpc) is 3.04. The van der Waals surface area contributed by atoms with Crippen molar-refractivity contribution in [2.75, 3.05) is 6.61 Å². The van der Waals surface area contributed by atoms with Gasteiger partial charge < -0.3 is 14.6 Å². The molecule has 166 valence electrons. The summed E-state index contributed by atoms with van der Waals surface area (Å²) in [5, 5.41) is 3.24. The van der Waals surface area contributed by atoms with Crippen LogP contribution >= 0.6 is 0 Å². The molecule has 4 rings (SSSR count). The van der Waals surface area contributed by atoms with E-state index in [9.17, 15) is 9.59 Å². The number of aryl methyl sites for hydroxylation is 1. The molecule has 0 aliphatic heterocycles. The minimum Gasteiger partial charge on any atom is -0.462 e. The minimum absolute atomic E-state index is 0.0223. The SMILES string of the molecule is CCOC(=O)c1c(C)c(-c2ccccc2)n(CC(=O)NC2CCCc3ccccc32)c1C. The number of carbonyl (C=O) groups is 2. The zero-order chi connectivity index (χ0) is 22.7. The first kappa shape index (κ1) is 21.9. The lowest BCUT2D eigenvalue weighted by Crippen LogP contribution is -2.33. The van der Waals surface area contributed by atoms with Crippen LogP contribution in [0.25, 0.3) is 11.3 Å². The molecule has 32 heavy (non-hydrogen) atoms. The highest BCUT2D eigenvalue weighted by molar-refractivity contribution is 5.95. The number of benzene rings is 2. The number of nitrogens with one attached hydrogen (secondary N) is 1. The summed E-state index contributed by atoms with van der Waals surface area (Å²) in [5.41, 5.74) is 6.50. The fraction of sp³-hybridized carbons (Fsp3) is 0.333. The van der Waals surface area contributed by atoms with E-state index in [1.807, 2.05) is 54.8 Å². The molecule has 0 saturated heterocycles. The Kier molecular flexibility index (Phi) is 6.45. The number of amides is 1. The highest BCUT2D eigenvalue weighted by Gasteiger charge is 2.27. The van der Waals surface area contributed by atoms with Crippen molar-refractivity contribution in [3.05, 3.63) is 82.5 Å². The molecule has 5 nitrogen and oxygen atoms in total. The van der Waals surface area contributed by atoms with Crippen molar-refractivity contribution in [2.24, 2.45) is 0 Å². The second-order valence-corrected chi connectivity index (χ2v) is 8.32. The topological polar surface area (TPSA) is 60.3 Å². The molecule has 1 atom stereocenters. The number of hydrogen-bond acceptors (Lipinski definition) is 3. The molecule has 0 radical (unpaired) electrons. The normalized spacial score (nSPS) is 15.2. The third-order valence-electron chi connectivity index (χ3n) is 6.30. The van der Waals surface area contributed by atoms with E-state index in [0.29, 0.717) is 12.2 Å². The lowest BCUT2D eigenvalue weighted by atomic mass is 9.88. The van der Waals surface area contributed by atoms with Gasteiger partial charge in [-0.05, 0) is 62.3 Å². The molecular formula is C27H30N2O3. The quantitative estimate of drug-likeness (QED) is 0.551. The fourth-order valence-electron chi connectivity index (χ4n) is 4.85. The van der Waals surface area contributed by atoms with Crippen LogP contribution in [0, 0.1) is 13.8 Å². The monoisotopic (exact) mass is 430 g/mol. The van der Waals surface area contributed by atoms with E-state index < -0.39 is 0 Å². The van der Waals surface area contributed by atoms with E-state index in [0.717, 1.165) is 41.8 Å². The number of carbonyl (C=O) groups excluding carboxylic acids is 2. The number of aromatic nitrogens is 1. The summed E-state index contributed by atoms with van der Waals surface area (Å²) >= 11 is 0. The van der Waals surface area contributed by atoms with Gasteiger partial charge in [0.05, 0.1) is 23.9 Å². The van der Waals surface area contributed by atoms with Gasteiger partial charge in [0, 0.05) is 5.69 Å². The van der Waals surface area contributed by atoms with E-state index in [1.54, 1.807) is 6.92 Å². The summed E-state index contributed by atoms with van der Waals surface area (Å²) < 4.78 is 7.25. The first-order chi connectivity index (χ1) is 15.5. The van der Waals surface area contributed by atoms with Crippen molar-refractivity contribution in [1.82, 2.24) is 9.88 Å². The summed E-state index contributed by atoms with van der Waals surface area (Å²) in [7, 11) is 0. The molecule has 1 unspecified atom stereocenters. The van der Waals surface area contributed by atoms with Gasteiger partial charge >= 0.3 is 5.97 Å². The Bertz CT molecular complexity index is 1130. The molecule has 1 N–H and O–H groups in total. The molecular weight excluding hydrogens is 400 g/mol. The number of esters is 1. The minimum atomic E-state index is -0.347. The summed E-state index contributed by atoms with van der Waals surface area (Å²) in [5.74, 6) is -0.405. The van der Waals surface area contributed by atoms with Crippen LogP contribution in [0.2, 0.25) is 0 Å². The largest absolute Gasteiger partial charge is 0.462 e. The van der Waals surface area contributed by atoms with E-state index in [2.05, 4.69) is 23.5 Å². The maximum atomic E-state index is 13.2. The van der Waals surface area contributed by atoms with Crippen molar-refractivity contribution in [2.45, 2.75) is 52.6 Å². The van der Waals surface area contributed by atoms with Gasteiger partial charge in [0.15, 0.2) is 0 Å². The third-order valence-corrected chi connectivity index (χ3v) is 6.30. The molecule has 1 aromatic heterocycles. The van der Waals surface area contributed by atoms with Gasteiger partial charge in [-0.3, -0.25) is 4.79 Å². The number of ether oxygens (including phenoxy) is 1. The Morgan fingerprint density at radius 3 is 2.53 bits per heavy atom. The van der Waals surface area contributed by atoms with E-state index >= 15 is 0 Å². The first-order valence-corrected chi connectivity index (χ1v) is 11.3. The standard InChI is InChI=1S/C27H30N2O3/c1-4-32-27(31)25-18(2)26(21-12-6-5-7-13-21)29(19(25)3)17-24(30)28-23-16-10-14-20-11-8-9-15-22(20)23/h5-9,11-13,15,23H,4,10,14,16-17H2,1-3H3,(H,28,30). The van der Waals surface area contributed by atoms with Crippen molar-refractivity contribution < 1.29 is 14.3 Å². The predicted octanol–water partition coefficient (Wildman–Crippen LogP) is 5.14. The Hall–Kier alpha value is -3.34. The van der Waals surface area contributed by atoms with E-state index in [1.165, 1.54) is 11.1 Å². The van der Waals surface area contributed by atoms with Crippen molar-refractivity contribution in [3.63, 3.8) is 0 Å². The number of nitrogens with zero attached hydrogens (tertiary/aromatic N) is 1. The van der Waals surface area contributed by atoms with Crippen LogP contribution in [0.15, 0.2) is 54.6 Å². The van der Waals surface area contributed by atoms with Crippen molar-refractivity contribution >= 4 is 11.9 Å². The zero-order valence-electron chi connectivity index (χ0n) is 19.0. The van der Waals surface area contributed by atoms with Gasteiger partial charge in [-0.2, -0.15) is 0 Å². The molecule has 5 heteroatoms. The van der Waals surface area contributed by atoms with Gasteiger partial charge in [-0.1, -0.05) is 54.6 Å². The third kappa shape index (κ3) is 4.20. The Labute approximate surface area is 189 Å². The Morgan fingerprint density at radius 1 is 1.06 bits per heavy atom. The Balaban J connectivity index is 1.66. The molecule has 1 aliphatic carbocycles. The molecule has 0 bridgehead atoms. The number of fused-ring (bicyclic) bond motifs is 1. The predicted molar refractivity (Wildman–Crippen MR) is 126 cm³/mol. The van der Waals surface area contributed by atoms with Gasteiger partial charge in [-0.15, -0.1) is 0 Å². The molecule has 3 aromatic rings. The highest BCUT2D eigenvalue weighted by Crippen LogP contribution is 2.33. The Morgan fingerprint density at radius 2 is 1.78 bits per heavy atom. The summed E-state index contributed by atoms with van der Waals surface area (Å²) in [6, 6.07) is 18.2. The molecule has 2 aromatic carbocycles. The maximum Gasteiger partial charge on any atom is 0.340 e. The molecule has 0 saturated carbocycles. The van der Waals surface area contributed by atoms with Crippen molar-refractivity contribution in [3.8, 4) is 11.3 Å². The lowest BCUT2D eigenvalue weighted by Gasteiger charge is -2.26. The lowest BCUT2D eigenvalue weighted by molar-refractivity contribution is -0.122. The van der Waals surface area contributed by atoms with Crippen LogP contribution in [-0.4, -0.2) is 23.1 Å². The number of hydrogen-bond donors (Lipinski definition) is 1. The van der Waals surface area contributed by atoms with E-state index in [-0.39, 0.29) is 24.5 Å². The second kappa shape index (κ2) is 9.43. The van der Waals surface area contributed by atoms with Crippen LogP contribution < -0.4 is 5.32 Å². The van der Waals surface area contributed by atoms with Gasteiger partial charge in [0.25, 0.3) is 0 Å². The number of rotatable bonds is 6. The van der Waals surface area contributed by atoms with Crippen LogP contribution in [0.1, 0.15) is 58.5 Å². The van der Waals surface area contributed by atoms with Crippen LogP contribution in [0.3, 0.4) is 0 Å². The molecule has 1 amide bonds. The molecule has 0 spiro atoms. The second-order valence-electron chi connectivity index (χ2n) is 8.32. The van der Waals surface area contributed by atoms with Gasteiger partial charge in [-0.25, -0.2) is 4.79 Å². The van der Waals surface area contributed by atoms with Crippen molar-refractivity contribution in [1.29, 1.82) is 0 Å². The van der Waals surface area contributed by atoms with Gasteiger partial charge in [0.2, 0.25) is 5.91 Å². The van der Waals surface area contributed by atoms with Crippen LogP contribution in [0.4, 0.5) is 0 Å². The molecule has 1 aliphatic rings. The van der Waals surface area contributed by atoms with Crippen LogP contribution in [0.5, 0.6) is 0 Å². The summed E-state index contributed by atoms with van der Waals surface area (Å²) in [6.07, 6.45) is 3.05. The zero-order valence-corrected chi connectivity index (χ0v) is 19.0. The maximum absolute atomic E-state index is 13.2. The van der Waals surface area contributed by atoms with Gasteiger partial charge in [0.1, 0.15) is 6.54 Å². The highest BCUT2D eigenvalue weighted by atomic mass is 16.5. The summed E-state index contributed by atoms with van der Waals surface area (Å²) in [4.78, 5) is 25.9. The summed E-state index contributed by atoms with van der Waals surface area (Å²) in [6.45, 7) is 6.06. The fourth-order valence-corrected chi connectivity index (χ4v) is 4.85.